The van der Waals surface area contributed by atoms with Crippen molar-refractivity contribution < 1.29 is 69.5 Å². The standard InChI is InChI=1S/C24H50O4S.K/c1-2-3-4-5-6-7-8-9-10-11-12-13-14-15-16-18-21-24(25)22-19-17-20-23-29(26,27)28;/h24-25H,2-23H2,1H3,(H,26,27,28);/q;+1/p-1. The fraction of sp³-hybridized carbons (Fsp3) is 1.00. The van der Waals surface area contributed by atoms with Crippen LogP contribution in [-0.2, 0) is 10.1 Å². The third-order valence-electron chi connectivity index (χ3n) is 5.82. The summed E-state index contributed by atoms with van der Waals surface area (Å²) in [6.45, 7) is 2.27. The zero-order valence-electron chi connectivity index (χ0n) is 20.2. The molecule has 0 aliphatic carbocycles. The van der Waals surface area contributed by atoms with E-state index in [2.05, 4.69) is 6.92 Å². The van der Waals surface area contributed by atoms with Crippen molar-refractivity contribution in [2.75, 3.05) is 5.75 Å². The third-order valence-corrected chi connectivity index (χ3v) is 6.61. The van der Waals surface area contributed by atoms with Gasteiger partial charge >= 0.3 is 51.4 Å². The summed E-state index contributed by atoms with van der Waals surface area (Å²) < 4.78 is 31.5. The van der Waals surface area contributed by atoms with Crippen molar-refractivity contribution in [3.63, 3.8) is 0 Å². The monoisotopic (exact) mass is 472 g/mol. The molecule has 0 spiro atoms. The second-order valence-electron chi connectivity index (χ2n) is 8.86. The van der Waals surface area contributed by atoms with Crippen LogP contribution >= 0.6 is 0 Å². The molecule has 0 bridgehead atoms. The molecule has 0 aromatic carbocycles. The maximum atomic E-state index is 10.5. The number of hydrogen-bond donors (Lipinski definition) is 1. The Morgan fingerprint density at radius 3 is 1.23 bits per heavy atom. The quantitative estimate of drug-likeness (QED) is 0.138. The molecular formula is C24H49KO4S. The van der Waals surface area contributed by atoms with Crippen molar-refractivity contribution in [3.8, 4) is 0 Å². The topological polar surface area (TPSA) is 77.4 Å². The van der Waals surface area contributed by atoms with Gasteiger partial charge in [-0.15, -0.1) is 0 Å². The van der Waals surface area contributed by atoms with E-state index in [-0.39, 0.29) is 63.2 Å². The summed E-state index contributed by atoms with van der Waals surface area (Å²) in [6, 6.07) is 0. The molecule has 1 atom stereocenters. The molecule has 0 amide bonds. The van der Waals surface area contributed by atoms with Crippen LogP contribution in [0.5, 0.6) is 0 Å². The first-order valence-electron chi connectivity index (χ1n) is 12.6. The van der Waals surface area contributed by atoms with Crippen LogP contribution < -0.4 is 51.4 Å². The first-order chi connectivity index (χ1) is 14.0. The largest absolute Gasteiger partial charge is 1.00 e. The summed E-state index contributed by atoms with van der Waals surface area (Å²) in [4.78, 5) is 0. The number of rotatable bonds is 23. The smallest absolute Gasteiger partial charge is 0.748 e. The molecule has 0 radical (unpaired) electrons. The molecule has 0 aromatic heterocycles. The Balaban J connectivity index is 0. The van der Waals surface area contributed by atoms with Gasteiger partial charge in [0.15, 0.2) is 0 Å². The fourth-order valence-electron chi connectivity index (χ4n) is 3.91. The first kappa shape index (κ1) is 33.7. The molecule has 0 aromatic rings. The summed E-state index contributed by atoms with van der Waals surface area (Å²) in [5.74, 6) is -0.276. The van der Waals surface area contributed by atoms with Crippen molar-refractivity contribution in [1.82, 2.24) is 0 Å². The maximum Gasteiger partial charge on any atom is 1.00 e. The minimum Gasteiger partial charge on any atom is -0.748 e. The normalized spacial score (nSPS) is 12.6. The summed E-state index contributed by atoms with van der Waals surface area (Å²) >= 11 is 0. The van der Waals surface area contributed by atoms with Gasteiger partial charge < -0.3 is 9.66 Å². The second-order valence-corrected chi connectivity index (χ2v) is 10.4. The Labute approximate surface area is 230 Å². The average Bonchev–Trinajstić information content (AvgIpc) is 2.66. The molecule has 0 aliphatic heterocycles. The van der Waals surface area contributed by atoms with Crippen molar-refractivity contribution in [2.24, 2.45) is 0 Å². The maximum absolute atomic E-state index is 10.5. The van der Waals surface area contributed by atoms with Gasteiger partial charge in [-0.1, -0.05) is 122 Å². The van der Waals surface area contributed by atoms with Gasteiger partial charge in [-0.3, -0.25) is 0 Å². The number of aliphatic hydroxyl groups is 1. The molecule has 4 nitrogen and oxygen atoms in total. The molecule has 0 fully saturated rings. The molecule has 30 heavy (non-hydrogen) atoms. The third kappa shape index (κ3) is 29.5. The van der Waals surface area contributed by atoms with E-state index in [4.69, 9.17) is 0 Å². The summed E-state index contributed by atoms with van der Waals surface area (Å²) in [5.41, 5.74) is 0. The van der Waals surface area contributed by atoms with Crippen molar-refractivity contribution in [3.05, 3.63) is 0 Å². The molecule has 176 valence electrons. The van der Waals surface area contributed by atoms with Crippen molar-refractivity contribution in [2.45, 2.75) is 148 Å². The second kappa shape index (κ2) is 25.1. The Hall–Kier alpha value is 1.51. The zero-order valence-corrected chi connectivity index (χ0v) is 24.2. The van der Waals surface area contributed by atoms with Gasteiger partial charge in [-0.25, -0.2) is 8.42 Å². The average molecular weight is 473 g/mol. The van der Waals surface area contributed by atoms with E-state index in [0.29, 0.717) is 12.8 Å². The number of aliphatic hydroxyl groups excluding tert-OH is 1. The Bertz CT molecular complexity index is 429. The van der Waals surface area contributed by atoms with Gasteiger partial charge in [-0.2, -0.15) is 0 Å². The predicted octanol–water partition coefficient (Wildman–Crippen LogP) is 4.11. The Kier molecular flexibility index (Phi) is 28.2. The Morgan fingerprint density at radius 1 is 0.600 bits per heavy atom. The van der Waals surface area contributed by atoms with Crippen LogP contribution in [0.25, 0.3) is 0 Å². The SMILES string of the molecule is CCCCCCCCCCCCCCCCCCC(O)CCCCCS(=O)(=O)[O-].[K+]. The van der Waals surface area contributed by atoms with E-state index < -0.39 is 10.1 Å². The molecule has 0 aliphatic rings. The molecule has 0 heterocycles. The van der Waals surface area contributed by atoms with E-state index in [1.807, 2.05) is 0 Å². The van der Waals surface area contributed by atoms with Gasteiger partial charge in [0.25, 0.3) is 0 Å². The van der Waals surface area contributed by atoms with Crippen molar-refractivity contribution >= 4 is 10.1 Å². The van der Waals surface area contributed by atoms with Crippen LogP contribution in [0.4, 0.5) is 0 Å². The molecule has 1 N–H and O–H groups in total. The minimum atomic E-state index is -4.08. The van der Waals surface area contributed by atoms with E-state index in [1.54, 1.807) is 0 Å². The number of unbranched alkanes of at least 4 members (excludes halogenated alkanes) is 17. The van der Waals surface area contributed by atoms with Gasteiger partial charge in [0.1, 0.15) is 0 Å². The summed E-state index contributed by atoms with van der Waals surface area (Å²) in [6.07, 6.45) is 24.9. The Morgan fingerprint density at radius 2 is 0.900 bits per heavy atom. The van der Waals surface area contributed by atoms with Crippen LogP contribution in [0, 0.1) is 0 Å². The molecule has 0 saturated carbocycles. The van der Waals surface area contributed by atoms with E-state index >= 15 is 0 Å². The number of hydrogen-bond acceptors (Lipinski definition) is 4. The van der Waals surface area contributed by atoms with Gasteiger partial charge in [-0.05, 0) is 19.3 Å². The molecule has 1 unspecified atom stereocenters. The molecule has 0 rings (SSSR count). The predicted molar refractivity (Wildman–Crippen MR) is 123 cm³/mol. The van der Waals surface area contributed by atoms with Crippen LogP contribution in [0.3, 0.4) is 0 Å². The minimum absolute atomic E-state index is 0. The van der Waals surface area contributed by atoms with Crippen LogP contribution in [0.1, 0.15) is 142 Å². The molecule has 0 saturated heterocycles. The van der Waals surface area contributed by atoms with Crippen LogP contribution in [0.2, 0.25) is 0 Å². The first-order valence-corrected chi connectivity index (χ1v) is 14.1. The van der Waals surface area contributed by atoms with Gasteiger partial charge in [0, 0.05) is 5.75 Å². The van der Waals surface area contributed by atoms with E-state index in [9.17, 15) is 18.1 Å². The van der Waals surface area contributed by atoms with Crippen molar-refractivity contribution in [1.29, 1.82) is 0 Å². The van der Waals surface area contributed by atoms with Crippen LogP contribution in [-0.4, -0.2) is 29.9 Å². The summed E-state index contributed by atoms with van der Waals surface area (Å²) in [5, 5.41) is 9.94. The van der Waals surface area contributed by atoms with Gasteiger partial charge in [0.05, 0.1) is 16.2 Å². The zero-order chi connectivity index (χ0) is 21.6. The fourth-order valence-corrected chi connectivity index (χ4v) is 4.47. The van der Waals surface area contributed by atoms with E-state index in [0.717, 1.165) is 25.7 Å². The molecule has 6 heteroatoms. The summed E-state index contributed by atoms with van der Waals surface area (Å²) in [7, 11) is -4.08. The molecular weight excluding hydrogens is 423 g/mol. The van der Waals surface area contributed by atoms with E-state index in [1.165, 1.54) is 96.3 Å². The van der Waals surface area contributed by atoms with Gasteiger partial charge in [0.2, 0.25) is 0 Å². The van der Waals surface area contributed by atoms with Crippen LogP contribution in [0.15, 0.2) is 0 Å².